The van der Waals surface area contributed by atoms with Crippen molar-refractivity contribution in [2.24, 2.45) is 7.05 Å². The Hall–Kier alpha value is -2.51. The lowest BCUT2D eigenvalue weighted by atomic mass is 9.87. The Kier molecular flexibility index (Phi) is 6.22. The van der Waals surface area contributed by atoms with Crippen LogP contribution in [-0.4, -0.2) is 36.6 Å². The molecular formula is C25H30ClN5OS. The van der Waals surface area contributed by atoms with Crippen LogP contribution in [-0.2, 0) is 18.9 Å². The van der Waals surface area contributed by atoms with Gasteiger partial charge >= 0.3 is 0 Å². The van der Waals surface area contributed by atoms with E-state index in [0.717, 1.165) is 29.2 Å². The zero-order valence-electron chi connectivity index (χ0n) is 20.2. The highest BCUT2D eigenvalue weighted by molar-refractivity contribution is 8.00. The minimum absolute atomic E-state index is 0.0197. The molecule has 2 aromatic heterocycles. The maximum atomic E-state index is 6.22. The summed E-state index contributed by atoms with van der Waals surface area (Å²) in [5.41, 5.74) is 3.07. The number of hydrogen-bond donors (Lipinski definition) is 0. The normalized spacial score (nSPS) is 12.5. The molecule has 0 aliphatic heterocycles. The van der Waals surface area contributed by atoms with Gasteiger partial charge in [0.25, 0.3) is 0 Å². The molecule has 0 atom stereocenters. The third kappa shape index (κ3) is 4.89. The molecule has 0 amide bonds. The number of thioether (sulfide) groups is 1. The van der Waals surface area contributed by atoms with Crippen LogP contribution in [0.25, 0.3) is 16.6 Å². The average molecular weight is 484 g/mol. The number of benzene rings is 2. The Morgan fingerprint density at radius 1 is 1.03 bits per heavy atom. The van der Waals surface area contributed by atoms with Crippen LogP contribution in [0.3, 0.4) is 0 Å². The van der Waals surface area contributed by atoms with E-state index < -0.39 is 0 Å². The first-order valence-electron chi connectivity index (χ1n) is 10.9. The number of aryl methyl sites for hydroxylation is 1. The highest BCUT2D eigenvalue weighted by Crippen LogP contribution is 2.45. The summed E-state index contributed by atoms with van der Waals surface area (Å²) in [6.07, 6.45) is 0.733. The van der Waals surface area contributed by atoms with Gasteiger partial charge in [-0.2, -0.15) is 4.80 Å². The predicted octanol–water partition coefficient (Wildman–Crippen LogP) is 6.23. The Balaban J connectivity index is 2.01. The molecule has 0 radical (unpaired) electrons. The van der Waals surface area contributed by atoms with Gasteiger partial charge in [0, 0.05) is 43.3 Å². The molecule has 0 unspecified atom stereocenters. The van der Waals surface area contributed by atoms with E-state index in [1.54, 1.807) is 14.2 Å². The zero-order valence-corrected chi connectivity index (χ0v) is 21.8. The molecular weight excluding hydrogens is 454 g/mol. The summed E-state index contributed by atoms with van der Waals surface area (Å²) in [7, 11) is 3.50. The molecule has 0 bridgehead atoms. The SMILES string of the molecule is COc1ccc2c(c1)c(SC(C)(C)C)c(CC(C)(C)c1nnn(C)n1)n2-c1ccc(Cl)cc1. The van der Waals surface area contributed by atoms with Crippen molar-refractivity contribution in [3.8, 4) is 11.4 Å². The molecule has 0 aliphatic rings. The minimum Gasteiger partial charge on any atom is -0.497 e. The van der Waals surface area contributed by atoms with Crippen molar-refractivity contribution in [2.75, 3.05) is 7.11 Å². The summed E-state index contributed by atoms with van der Waals surface area (Å²) in [6.45, 7) is 11.0. The summed E-state index contributed by atoms with van der Waals surface area (Å²) >= 11 is 8.09. The minimum atomic E-state index is -0.329. The van der Waals surface area contributed by atoms with Crippen LogP contribution in [0.4, 0.5) is 0 Å². The van der Waals surface area contributed by atoms with Gasteiger partial charge in [-0.1, -0.05) is 46.2 Å². The average Bonchev–Trinajstić information content (AvgIpc) is 3.30. The highest BCUT2D eigenvalue weighted by Gasteiger charge is 2.32. The van der Waals surface area contributed by atoms with Gasteiger partial charge in [-0.25, -0.2) is 0 Å². The number of fused-ring (bicyclic) bond motifs is 1. The van der Waals surface area contributed by atoms with Crippen LogP contribution in [0.5, 0.6) is 5.75 Å². The smallest absolute Gasteiger partial charge is 0.180 e. The first-order chi connectivity index (χ1) is 15.5. The standard InChI is InChI=1S/C25H30ClN5OS/c1-24(2,3)33-22-19-14-18(32-7)12-13-20(19)31(17-10-8-16(26)9-11-17)21(22)15-25(4,5)23-27-29-30(6)28-23/h8-14H,15H2,1-7H3. The molecule has 0 fully saturated rings. The zero-order chi connectivity index (χ0) is 24.0. The highest BCUT2D eigenvalue weighted by atomic mass is 35.5. The van der Waals surface area contributed by atoms with Crippen LogP contribution >= 0.6 is 23.4 Å². The van der Waals surface area contributed by atoms with Gasteiger partial charge in [-0.15, -0.1) is 22.0 Å². The monoisotopic (exact) mass is 483 g/mol. The first-order valence-corrected chi connectivity index (χ1v) is 12.1. The van der Waals surface area contributed by atoms with Crippen molar-refractivity contribution in [3.63, 3.8) is 0 Å². The van der Waals surface area contributed by atoms with Crippen LogP contribution in [0.2, 0.25) is 5.02 Å². The van der Waals surface area contributed by atoms with Gasteiger partial charge in [-0.05, 0) is 47.7 Å². The molecule has 2 heterocycles. The molecule has 33 heavy (non-hydrogen) atoms. The third-order valence-electron chi connectivity index (χ3n) is 5.44. The molecule has 0 N–H and O–H groups in total. The fraction of sp³-hybridized carbons (Fsp3) is 0.400. The molecule has 2 aromatic carbocycles. The summed E-state index contributed by atoms with van der Waals surface area (Å²) in [6, 6.07) is 14.3. The molecule has 4 aromatic rings. The third-order valence-corrected chi connectivity index (χ3v) is 6.96. The topological polar surface area (TPSA) is 57.8 Å². The van der Waals surface area contributed by atoms with Crippen molar-refractivity contribution >= 4 is 34.3 Å². The lowest BCUT2D eigenvalue weighted by Crippen LogP contribution is -2.25. The maximum Gasteiger partial charge on any atom is 0.180 e. The van der Waals surface area contributed by atoms with E-state index in [2.05, 4.69) is 78.9 Å². The van der Waals surface area contributed by atoms with Crippen molar-refractivity contribution in [2.45, 2.75) is 56.1 Å². The lowest BCUT2D eigenvalue weighted by Gasteiger charge is -2.25. The van der Waals surface area contributed by atoms with Gasteiger partial charge in [0.05, 0.1) is 19.7 Å². The van der Waals surface area contributed by atoms with E-state index in [-0.39, 0.29) is 10.2 Å². The fourth-order valence-electron chi connectivity index (χ4n) is 3.94. The summed E-state index contributed by atoms with van der Waals surface area (Å²) in [5, 5.41) is 14.8. The lowest BCUT2D eigenvalue weighted by molar-refractivity contribution is 0.415. The van der Waals surface area contributed by atoms with Crippen LogP contribution in [0.1, 0.15) is 46.1 Å². The Morgan fingerprint density at radius 2 is 1.73 bits per heavy atom. The molecule has 0 aliphatic carbocycles. The number of hydrogen-bond acceptors (Lipinski definition) is 5. The van der Waals surface area contributed by atoms with Gasteiger partial charge in [0.15, 0.2) is 5.82 Å². The predicted molar refractivity (Wildman–Crippen MR) is 136 cm³/mol. The summed E-state index contributed by atoms with van der Waals surface area (Å²) in [4.78, 5) is 2.75. The first kappa shape index (κ1) is 23.6. The Bertz CT molecular complexity index is 1280. The van der Waals surface area contributed by atoms with E-state index in [1.165, 1.54) is 20.8 Å². The quantitative estimate of drug-likeness (QED) is 0.304. The molecule has 0 saturated carbocycles. The molecule has 0 spiro atoms. The number of rotatable bonds is 6. The summed E-state index contributed by atoms with van der Waals surface area (Å²) < 4.78 is 7.93. The number of halogens is 1. The molecule has 4 rings (SSSR count). The van der Waals surface area contributed by atoms with Gasteiger partial charge in [0.2, 0.25) is 0 Å². The van der Waals surface area contributed by atoms with Crippen LogP contribution in [0, 0.1) is 0 Å². The number of tetrazole rings is 1. The van der Waals surface area contributed by atoms with E-state index in [9.17, 15) is 0 Å². The Morgan fingerprint density at radius 3 is 2.30 bits per heavy atom. The molecule has 174 valence electrons. The van der Waals surface area contributed by atoms with Gasteiger partial charge in [-0.3, -0.25) is 0 Å². The van der Waals surface area contributed by atoms with Gasteiger partial charge in [0.1, 0.15) is 5.75 Å². The van der Waals surface area contributed by atoms with E-state index >= 15 is 0 Å². The molecule has 0 saturated heterocycles. The Labute approximate surface area is 204 Å². The van der Waals surface area contributed by atoms with E-state index in [4.69, 9.17) is 16.3 Å². The number of methoxy groups -OCH3 is 1. The second-order valence-corrected chi connectivity index (χ2v) is 12.1. The number of ether oxygens (including phenoxy) is 1. The number of aromatic nitrogens is 5. The largest absolute Gasteiger partial charge is 0.497 e. The van der Waals surface area contributed by atoms with Crippen LogP contribution in [0.15, 0.2) is 47.4 Å². The summed E-state index contributed by atoms with van der Waals surface area (Å²) in [5.74, 6) is 1.56. The second-order valence-electron chi connectivity index (χ2n) is 9.85. The second kappa shape index (κ2) is 8.69. The van der Waals surface area contributed by atoms with Crippen molar-refractivity contribution in [3.05, 3.63) is 59.0 Å². The maximum absolute atomic E-state index is 6.22. The van der Waals surface area contributed by atoms with E-state index in [0.29, 0.717) is 5.02 Å². The van der Waals surface area contributed by atoms with Gasteiger partial charge < -0.3 is 9.30 Å². The van der Waals surface area contributed by atoms with Crippen molar-refractivity contribution in [1.82, 2.24) is 24.8 Å². The fourth-order valence-corrected chi connectivity index (χ4v) is 5.23. The number of nitrogens with zero attached hydrogens (tertiary/aromatic N) is 5. The van der Waals surface area contributed by atoms with E-state index in [1.807, 2.05) is 30.0 Å². The van der Waals surface area contributed by atoms with Crippen molar-refractivity contribution in [1.29, 1.82) is 0 Å². The molecule has 8 heteroatoms. The van der Waals surface area contributed by atoms with Crippen molar-refractivity contribution < 1.29 is 4.74 Å². The molecule has 6 nitrogen and oxygen atoms in total. The van der Waals surface area contributed by atoms with Crippen LogP contribution < -0.4 is 4.74 Å².